The van der Waals surface area contributed by atoms with Crippen LogP contribution in [-0.4, -0.2) is 20.6 Å². The number of rotatable bonds is 4. The second-order valence-corrected chi connectivity index (χ2v) is 6.60. The highest BCUT2D eigenvalue weighted by molar-refractivity contribution is 7.84. The third-order valence-electron chi connectivity index (χ3n) is 3.73. The van der Waals surface area contributed by atoms with Crippen molar-refractivity contribution in [1.29, 1.82) is 0 Å². The molecule has 0 aromatic heterocycles. The maximum atomic E-state index is 11.8. The lowest BCUT2D eigenvalue weighted by atomic mass is 9.96. The molecule has 0 saturated heterocycles. The van der Waals surface area contributed by atoms with E-state index in [2.05, 4.69) is 4.72 Å². The molecule has 0 heterocycles. The van der Waals surface area contributed by atoms with Crippen molar-refractivity contribution in [1.82, 2.24) is 4.72 Å². The molecule has 17 heavy (non-hydrogen) atoms. The molecular formula is C12H23NO3S. The van der Waals surface area contributed by atoms with Crippen LogP contribution in [0.2, 0.25) is 0 Å². The lowest BCUT2D eigenvalue weighted by molar-refractivity contribution is 0.157. The first-order valence-electron chi connectivity index (χ1n) is 6.86. The maximum Gasteiger partial charge on any atom is 0.336 e. The lowest BCUT2D eigenvalue weighted by Crippen LogP contribution is -2.39. The number of hydrogen-bond acceptors (Lipinski definition) is 3. The van der Waals surface area contributed by atoms with E-state index in [1.165, 1.54) is 12.8 Å². The summed E-state index contributed by atoms with van der Waals surface area (Å²) in [6.07, 6.45) is 10.4. The molecule has 0 aromatic carbocycles. The van der Waals surface area contributed by atoms with Crippen molar-refractivity contribution < 1.29 is 12.6 Å². The molecule has 0 bridgehead atoms. The Bertz CT molecular complexity index is 291. The van der Waals surface area contributed by atoms with Crippen LogP contribution in [0.25, 0.3) is 0 Å². The molecule has 0 aliphatic heterocycles. The summed E-state index contributed by atoms with van der Waals surface area (Å²) in [4.78, 5) is 0. The molecule has 1 N–H and O–H groups in total. The predicted octanol–water partition coefficient (Wildman–Crippen LogP) is 2.50. The minimum Gasteiger partial charge on any atom is -0.255 e. The third kappa shape index (κ3) is 4.56. The van der Waals surface area contributed by atoms with E-state index in [4.69, 9.17) is 4.18 Å². The fraction of sp³-hybridized carbons (Fsp3) is 1.00. The Morgan fingerprint density at radius 1 is 0.824 bits per heavy atom. The van der Waals surface area contributed by atoms with Gasteiger partial charge in [-0.3, -0.25) is 4.18 Å². The second-order valence-electron chi connectivity index (χ2n) is 5.26. The summed E-state index contributed by atoms with van der Waals surface area (Å²) in [5.74, 6) is 0. The Morgan fingerprint density at radius 3 is 1.94 bits per heavy atom. The van der Waals surface area contributed by atoms with Gasteiger partial charge in [-0.15, -0.1) is 0 Å². The summed E-state index contributed by atoms with van der Waals surface area (Å²) in [6, 6.07) is 0.0948. The van der Waals surface area contributed by atoms with Gasteiger partial charge in [0.15, 0.2) is 0 Å². The summed E-state index contributed by atoms with van der Waals surface area (Å²) in [7, 11) is -3.53. The minimum absolute atomic E-state index is 0.0927. The molecule has 0 atom stereocenters. The summed E-state index contributed by atoms with van der Waals surface area (Å²) in [5, 5.41) is 0. The highest BCUT2D eigenvalue weighted by Gasteiger charge is 2.25. The van der Waals surface area contributed by atoms with Gasteiger partial charge < -0.3 is 0 Å². The lowest BCUT2D eigenvalue weighted by Gasteiger charge is -2.25. The van der Waals surface area contributed by atoms with Crippen molar-refractivity contribution >= 4 is 10.3 Å². The molecule has 5 heteroatoms. The van der Waals surface area contributed by atoms with Gasteiger partial charge in [-0.1, -0.05) is 38.5 Å². The van der Waals surface area contributed by atoms with Crippen molar-refractivity contribution in [3.8, 4) is 0 Å². The van der Waals surface area contributed by atoms with Crippen molar-refractivity contribution in [2.75, 3.05) is 0 Å². The number of hydrogen-bond donors (Lipinski definition) is 1. The Kier molecular flexibility index (Phi) is 4.82. The van der Waals surface area contributed by atoms with E-state index < -0.39 is 10.3 Å². The predicted molar refractivity (Wildman–Crippen MR) is 66.9 cm³/mol. The highest BCUT2D eigenvalue weighted by atomic mass is 32.2. The Hall–Kier alpha value is -0.130. The van der Waals surface area contributed by atoms with Gasteiger partial charge in [0.25, 0.3) is 0 Å². The van der Waals surface area contributed by atoms with Gasteiger partial charge in [0, 0.05) is 6.04 Å². The minimum atomic E-state index is -3.53. The molecule has 2 rings (SSSR count). The summed E-state index contributed by atoms with van der Waals surface area (Å²) < 4.78 is 31.6. The SMILES string of the molecule is O=S(=O)(NC1CCCCC1)OC1CCCCC1. The van der Waals surface area contributed by atoms with Crippen LogP contribution in [-0.2, 0) is 14.5 Å². The first-order chi connectivity index (χ1) is 8.16. The molecule has 2 aliphatic carbocycles. The first-order valence-corrected chi connectivity index (χ1v) is 8.27. The van der Waals surface area contributed by atoms with Gasteiger partial charge in [-0.2, -0.15) is 13.1 Å². The molecule has 0 radical (unpaired) electrons. The van der Waals surface area contributed by atoms with Crippen molar-refractivity contribution in [3.05, 3.63) is 0 Å². The van der Waals surface area contributed by atoms with Crippen LogP contribution >= 0.6 is 0 Å². The van der Waals surface area contributed by atoms with Crippen molar-refractivity contribution in [3.63, 3.8) is 0 Å². The molecule has 0 amide bonds. The van der Waals surface area contributed by atoms with E-state index in [-0.39, 0.29) is 12.1 Å². The van der Waals surface area contributed by atoms with E-state index >= 15 is 0 Å². The van der Waals surface area contributed by atoms with Crippen LogP contribution in [0, 0.1) is 0 Å². The average Bonchev–Trinajstić information content (AvgIpc) is 2.30. The van der Waals surface area contributed by atoms with E-state index in [0.717, 1.165) is 51.4 Å². The van der Waals surface area contributed by atoms with Crippen LogP contribution in [0.1, 0.15) is 64.2 Å². The fourth-order valence-corrected chi connectivity index (χ4v) is 4.04. The second kappa shape index (κ2) is 6.16. The van der Waals surface area contributed by atoms with Gasteiger partial charge in [-0.05, 0) is 25.7 Å². The van der Waals surface area contributed by atoms with Gasteiger partial charge in [-0.25, -0.2) is 0 Å². The average molecular weight is 261 g/mol. The molecule has 0 unspecified atom stereocenters. The molecule has 0 aromatic rings. The van der Waals surface area contributed by atoms with Crippen LogP contribution in [0.5, 0.6) is 0 Å². The van der Waals surface area contributed by atoms with Crippen LogP contribution in [0.4, 0.5) is 0 Å². The quantitative estimate of drug-likeness (QED) is 0.846. The largest absolute Gasteiger partial charge is 0.336 e. The standard InChI is InChI=1S/C12H23NO3S/c14-17(15,13-11-7-3-1-4-8-11)16-12-9-5-2-6-10-12/h11-13H,1-10H2. The molecule has 2 aliphatic rings. The van der Waals surface area contributed by atoms with Gasteiger partial charge in [0.05, 0.1) is 6.10 Å². The normalized spacial score (nSPS) is 24.9. The van der Waals surface area contributed by atoms with E-state index in [9.17, 15) is 8.42 Å². The maximum absolute atomic E-state index is 11.8. The summed E-state index contributed by atoms with van der Waals surface area (Å²) in [6.45, 7) is 0. The van der Waals surface area contributed by atoms with E-state index in [0.29, 0.717) is 0 Å². The zero-order valence-electron chi connectivity index (χ0n) is 10.4. The van der Waals surface area contributed by atoms with Crippen molar-refractivity contribution in [2.45, 2.75) is 76.4 Å². The molecule has 4 nitrogen and oxygen atoms in total. The monoisotopic (exact) mass is 261 g/mol. The van der Waals surface area contributed by atoms with Crippen molar-refractivity contribution in [2.24, 2.45) is 0 Å². The van der Waals surface area contributed by atoms with Gasteiger partial charge >= 0.3 is 10.3 Å². The van der Waals surface area contributed by atoms with E-state index in [1.807, 2.05) is 0 Å². The Morgan fingerprint density at radius 2 is 1.35 bits per heavy atom. The van der Waals surface area contributed by atoms with Crippen LogP contribution < -0.4 is 4.72 Å². The van der Waals surface area contributed by atoms with Gasteiger partial charge in [0.1, 0.15) is 0 Å². The molecule has 2 saturated carbocycles. The van der Waals surface area contributed by atoms with Crippen LogP contribution in [0.3, 0.4) is 0 Å². The molecule has 100 valence electrons. The van der Waals surface area contributed by atoms with Crippen LogP contribution in [0.15, 0.2) is 0 Å². The zero-order valence-corrected chi connectivity index (χ0v) is 11.2. The fourth-order valence-electron chi connectivity index (χ4n) is 2.79. The number of nitrogens with one attached hydrogen (secondary N) is 1. The topological polar surface area (TPSA) is 55.4 Å². The molecule has 2 fully saturated rings. The van der Waals surface area contributed by atoms with E-state index in [1.54, 1.807) is 0 Å². The Balaban J connectivity index is 1.80. The zero-order chi connectivity index (χ0) is 12.1. The summed E-state index contributed by atoms with van der Waals surface area (Å²) >= 11 is 0. The summed E-state index contributed by atoms with van der Waals surface area (Å²) in [5.41, 5.74) is 0. The Labute approximate surface area is 104 Å². The van der Waals surface area contributed by atoms with Gasteiger partial charge in [0.2, 0.25) is 0 Å². The third-order valence-corrected chi connectivity index (χ3v) is 4.88. The highest BCUT2D eigenvalue weighted by Crippen LogP contribution is 2.23. The molecule has 0 spiro atoms. The first kappa shape index (κ1) is 13.3. The smallest absolute Gasteiger partial charge is 0.255 e. The molecular weight excluding hydrogens is 238 g/mol.